The summed E-state index contributed by atoms with van der Waals surface area (Å²) in [5.74, 6) is 0.485. The van der Waals surface area contributed by atoms with Crippen molar-refractivity contribution in [3.05, 3.63) is 0 Å². The molecule has 298 valence electrons. The minimum Gasteiger partial charge on any atom is -0.356 e. The van der Waals surface area contributed by atoms with Gasteiger partial charge in [0.15, 0.2) is 0 Å². The minimum absolute atomic E-state index is 0.243. The van der Waals surface area contributed by atoms with Crippen LogP contribution in [0.3, 0.4) is 0 Å². The number of hydrogen-bond donors (Lipinski definition) is 2. The Balaban J connectivity index is 3.63. The maximum atomic E-state index is 12.2. The lowest BCUT2D eigenvalue weighted by atomic mass is 10.1. The third-order valence-electron chi connectivity index (χ3n) is 10.8. The van der Waals surface area contributed by atoms with Crippen LogP contribution in [0.15, 0.2) is 0 Å². The quantitative estimate of drug-likeness (QED) is 0.0493. The van der Waals surface area contributed by atoms with Gasteiger partial charge in [0, 0.05) is 38.8 Å². The van der Waals surface area contributed by atoms with Crippen LogP contribution in [0.2, 0.25) is 0 Å². The lowest BCUT2D eigenvalue weighted by Gasteiger charge is -2.31. The van der Waals surface area contributed by atoms with Crippen LogP contribution in [0.5, 0.6) is 0 Å². The van der Waals surface area contributed by atoms with E-state index in [1.807, 2.05) is 0 Å². The molecule has 0 spiro atoms. The van der Waals surface area contributed by atoms with Gasteiger partial charge in [0.05, 0.1) is 54.4 Å². The molecule has 0 aromatic rings. The average molecular weight is 709 g/mol. The SMILES string of the molecule is CCCCCCCCCCCCCC(=O)NCCC[N+](C)(C)CCCCCC[N+](C)(C)CCCNC(=O)CCCCCCCCCCCCC. The molecule has 0 aliphatic heterocycles. The van der Waals surface area contributed by atoms with Crippen molar-refractivity contribution in [2.45, 2.75) is 206 Å². The molecule has 0 atom stereocenters. The largest absolute Gasteiger partial charge is 0.356 e. The number of nitrogens with zero attached hydrogens (tertiary/aromatic N) is 2. The van der Waals surface area contributed by atoms with Gasteiger partial charge in [0.1, 0.15) is 0 Å². The highest BCUT2D eigenvalue weighted by atomic mass is 16.2. The van der Waals surface area contributed by atoms with Gasteiger partial charge in [-0.3, -0.25) is 9.59 Å². The number of unbranched alkanes of at least 4 members (excludes halogenated alkanes) is 23. The van der Waals surface area contributed by atoms with E-state index in [0.717, 1.165) is 60.8 Å². The maximum absolute atomic E-state index is 12.2. The zero-order valence-corrected chi connectivity index (χ0v) is 35.2. The van der Waals surface area contributed by atoms with Crippen LogP contribution in [0.1, 0.15) is 206 Å². The van der Waals surface area contributed by atoms with Crippen LogP contribution in [0, 0.1) is 0 Å². The van der Waals surface area contributed by atoms with E-state index >= 15 is 0 Å². The molecule has 0 saturated heterocycles. The number of carbonyl (C=O) groups excluding carboxylic acids is 2. The molecule has 0 aromatic heterocycles. The van der Waals surface area contributed by atoms with E-state index in [1.165, 1.54) is 167 Å². The highest BCUT2D eigenvalue weighted by molar-refractivity contribution is 5.76. The molecule has 0 unspecified atom stereocenters. The molecule has 2 amide bonds. The van der Waals surface area contributed by atoms with Crippen LogP contribution >= 0.6 is 0 Å². The summed E-state index contributed by atoms with van der Waals surface area (Å²) in [5, 5.41) is 6.33. The fourth-order valence-corrected chi connectivity index (χ4v) is 7.20. The van der Waals surface area contributed by atoms with E-state index in [1.54, 1.807) is 0 Å². The van der Waals surface area contributed by atoms with E-state index in [-0.39, 0.29) is 11.8 Å². The molecule has 0 radical (unpaired) electrons. The number of quaternary nitrogens is 2. The van der Waals surface area contributed by atoms with Crippen molar-refractivity contribution >= 4 is 11.8 Å². The first-order valence-electron chi connectivity index (χ1n) is 22.3. The summed E-state index contributed by atoms with van der Waals surface area (Å²) in [5.41, 5.74) is 0. The van der Waals surface area contributed by atoms with Gasteiger partial charge in [-0.2, -0.15) is 0 Å². The lowest BCUT2D eigenvalue weighted by molar-refractivity contribution is -0.891. The van der Waals surface area contributed by atoms with Gasteiger partial charge < -0.3 is 19.6 Å². The smallest absolute Gasteiger partial charge is 0.219 e. The highest BCUT2D eigenvalue weighted by Crippen LogP contribution is 2.14. The van der Waals surface area contributed by atoms with E-state index in [2.05, 4.69) is 52.7 Å². The van der Waals surface area contributed by atoms with Crippen molar-refractivity contribution in [2.75, 3.05) is 67.5 Å². The van der Waals surface area contributed by atoms with E-state index in [9.17, 15) is 9.59 Å². The van der Waals surface area contributed by atoms with Crippen molar-refractivity contribution in [3.63, 3.8) is 0 Å². The summed E-state index contributed by atoms with van der Waals surface area (Å²) in [6, 6.07) is 0. The van der Waals surface area contributed by atoms with Gasteiger partial charge in [-0.25, -0.2) is 0 Å². The molecule has 0 rings (SSSR count). The monoisotopic (exact) mass is 709 g/mol. The molecule has 0 heterocycles. The first kappa shape index (κ1) is 48.9. The topological polar surface area (TPSA) is 58.2 Å². The Labute approximate surface area is 314 Å². The first-order chi connectivity index (χ1) is 24.1. The number of nitrogens with one attached hydrogen (secondary N) is 2. The summed E-state index contributed by atoms with van der Waals surface area (Å²) >= 11 is 0. The summed E-state index contributed by atoms with van der Waals surface area (Å²) in [7, 11) is 9.35. The number of amides is 2. The fourth-order valence-electron chi connectivity index (χ4n) is 7.20. The Bertz CT molecular complexity index is 692. The normalized spacial score (nSPS) is 12.0. The summed E-state index contributed by atoms with van der Waals surface area (Å²) in [4.78, 5) is 24.5. The first-order valence-corrected chi connectivity index (χ1v) is 22.3. The van der Waals surface area contributed by atoms with Gasteiger partial charge >= 0.3 is 0 Å². The molecule has 6 nitrogen and oxygen atoms in total. The predicted octanol–water partition coefficient (Wildman–Crippen LogP) is 11.1. The number of hydrogen-bond acceptors (Lipinski definition) is 2. The standard InChI is InChI=1S/C44H90N4O2/c1-7-9-11-13-15-17-19-21-23-25-29-35-43(49)45-37-33-41-47(3,4)39-31-27-28-32-40-48(5,6)42-34-38-46-44(50)36-30-26-24-22-20-18-16-14-12-10-8-2/h7-42H2,1-6H3/p+2. The predicted molar refractivity (Wildman–Crippen MR) is 220 cm³/mol. The molecule has 50 heavy (non-hydrogen) atoms. The molecule has 0 aliphatic carbocycles. The molecule has 0 saturated carbocycles. The second-order valence-corrected chi connectivity index (χ2v) is 17.2. The molecule has 0 aromatic carbocycles. The van der Waals surface area contributed by atoms with Crippen LogP contribution < -0.4 is 10.6 Å². The summed E-state index contributed by atoms with van der Waals surface area (Å²) < 4.78 is 2.09. The van der Waals surface area contributed by atoms with Gasteiger partial charge in [0.25, 0.3) is 0 Å². The van der Waals surface area contributed by atoms with Gasteiger partial charge in [-0.15, -0.1) is 0 Å². The number of rotatable bonds is 39. The second kappa shape index (κ2) is 34.9. The maximum Gasteiger partial charge on any atom is 0.219 e. The van der Waals surface area contributed by atoms with Crippen molar-refractivity contribution in [3.8, 4) is 0 Å². The Kier molecular flexibility index (Phi) is 34.1. The van der Waals surface area contributed by atoms with Crippen molar-refractivity contribution in [2.24, 2.45) is 0 Å². The third-order valence-corrected chi connectivity index (χ3v) is 10.8. The van der Waals surface area contributed by atoms with E-state index in [4.69, 9.17) is 0 Å². The third kappa shape index (κ3) is 36.6. The summed E-state index contributed by atoms with van der Waals surface area (Å²) in [6.07, 6.45) is 37.8. The zero-order chi connectivity index (χ0) is 37.0. The van der Waals surface area contributed by atoms with Crippen LogP contribution in [0.4, 0.5) is 0 Å². The molecule has 0 aliphatic rings. The lowest BCUT2D eigenvalue weighted by Crippen LogP contribution is -2.43. The molecule has 0 fully saturated rings. The fraction of sp³-hybridized carbons (Fsp3) is 0.955. The van der Waals surface area contributed by atoms with Crippen molar-refractivity contribution in [1.29, 1.82) is 0 Å². The van der Waals surface area contributed by atoms with Crippen molar-refractivity contribution in [1.82, 2.24) is 10.6 Å². The Hall–Kier alpha value is -1.14. The molecular weight excluding hydrogens is 617 g/mol. The van der Waals surface area contributed by atoms with Gasteiger partial charge in [-0.1, -0.05) is 142 Å². The highest BCUT2D eigenvalue weighted by Gasteiger charge is 2.16. The Morgan fingerprint density at radius 3 is 0.880 bits per heavy atom. The summed E-state index contributed by atoms with van der Waals surface area (Å²) in [6.45, 7) is 10.9. The van der Waals surface area contributed by atoms with Gasteiger partial charge in [0.2, 0.25) is 11.8 Å². The van der Waals surface area contributed by atoms with Crippen LogP contribution in [-0.4, -0.2) is 88.2 Å². The van der Waals surface area contributed by atoms with E-state index in [0.29, 0.717) is 12.8 Å². The average Bonchev–Trinajstić information content (AvgIpc) is 3.08. The molecule has 2 N–H and O–H groups in total. The minimum atomic E-state index is 0.243. The van der Waals surface area contributed by atoms with Gasteiger partial charge in [-0.05, 0) is 38.5 Å². The molecule has 6 heteroatoms. The Morgan fingerprint density at radius 1 is 0.340 bits per heavy atom. The Morgan fingerprint density at radius 2 is 0.580 bits per heavy atom. The van der Waals surface area contributed by atoms with Crippen LogP contribution in [0.25, 0.3) is 0 Å². The van der Waals surface area contributed by atoms with E-state index < -0.39 is 0 Å². The number of carbonyl (C=O) groups is 2. The molecule has 0 bridgehead atoms. The zero-order valence-electron chi connectivity index (χ0n) is 35.2. The molecular formula is C44H92N4O2+2. The van der Waals surface area contributed by atoms with Crippen molar-refractivity contribution < 1.29 is 18.6 Å². The second-order valence-electron chi connectivity index (χ2n) is 17.2. The van der Waals surface area contributed by atoms with Crippen LogP contribution in [-0.2, 0) is 9.59 Å².